The highest BCUT2D eigenvalue weighted by atomic mass is 127. The molecule has 1 aromatic heterocycles. The lowest BCUT2D eigenvalue weighted by Gasteiger charge is -2.13. The van der Waals surface area contributed by atoms with Gasteiger partial charge in [0.2, 0.25) is 0 Å². The summed E-state index contributed by atoms with van der Waals surface area (Å²) in [6, 6.07) is 0. The van der Waals surface area contributed by atoms with Gasteiger partial charge in [-0.2, -0.15) is 0 Å². The fourth-order valence-corrected chi connectivity index (χ4v) is 2.71. The van der Waals surface area contributed by atoms with Crippen molar-refractivity contribution in [2.45, 2.75) is 65.8 Å². The molecule has 0 aliphatic carbocycles. The molecule has 0 aliphatic heterocycles. The van der Waals surface area contributed by atoms with Gasteiger partial charge in [0, 0.05) is 23.9 Å². The van der Waals surface area contributed by atoms with Gasteiger partial charge in [-0.15, -0.1) is 35.3 Å². The molecule has 2 N–H and O–H groups in total. The molecule has 4 nitrogen and oxygen atoms in total. The molecule has 22 heavy (non-hydrogen) atoms. The molecule has 0 saturated heterocycles. The van der Waals surface area contributed by atoms with Gasteiger partial charge < -0.3 is 10.6 Å². The lowest BCUT2D eigenvalue weighted by Crippen LogP contribution is -2.37. The lowest BCUT2D eigenvalue weighted by molar-refractivity contribution is 0.583. The van der Waals surface area contributed by atoms with Gasteiger partial charge in [0.05, 0.1) is 17.2 Å². The van der Waals surface area contributed by atoms with E-state index in [1.54, 1.807) is 11.3 Å². The molecule has 1 rings (SSSR count). The largest absolute Gasteiger partial charge is 0.357 e. The van der Waals surface area contributed by atoms with Crippen LogP contribution in [-0.2, 0) is 12.0 Å². The highest BCUT2D eigenvalue weighted by Gasteiger charge is 2.17. The topological polar surface area (TPSA) is 49.3 Å². The molecule has 0 aliphatic rings. The first-order valence-corrected chi connectivity index (χ1v) is 8.82. The molecule has 1 heterocycles. The fourth-order valence-electron chi connectivity index (χ4n) is 1.81. The summed E-state index contributed by atoms with van der Waals surface area (Å²) in [5.41, 5.74) is 1.17. The Bertz CT molecular complexity index is 438. The predicted molar refractivity (Wildman–Crippen MR) is 109 cm³/mol. The van der Waals surface area contributed by atoms with Crippen LogP contribution in [0.1, 0.15) is 64.6 Å². The van der Waals surface area contributed by atoms with E-state index in [1.807, 2.05) is 0 Å². The molecule has 1 aromatic rings. The standard InChI is InChI=1S/C16H30N4S.HI/c1-6-8-9-10-18-15(17-7-2)19-11-13-12-21-14(20-13)16(3,4)5;/h12H,6-11H2,1-5H3,(H2,17,18,19);1H. The molecular formula is C16H31IN4S. The van der Waals surface area contributed by atoms with Gasteiger partial charge in [-0.1, -0.05) is 40.5 Å². The number of aliphatic imine (C=N–C) groups is 1. The molecule has 0 spiro atoms. The molecule has 128 valence electrons. The molecular weight excluding hydrogens is 407 g/mol. The van der Waals surface area contributed by atoms with Crippen LogP contribution in [0.4, 0.5) is 0 Å². The maximum absolute atomic E-state index is 4.68. The number of hydrogen-bond acceptors (Lipinski definition) is 3. The zero-order chi connectivity index (χ0) is 15.7. The Morgan fingerprint density at radius 3 is 2.50 bits per heavy atom. The predicted octanol–water partition coefficient (Wildman–Crippen LogP) is 4.30. The van der Waals surface area contributed by atoms with E-state index in [2.05, 4.69) is 60.6 Å². The summed E-state index contributed by atoms with van der Waals surface area (Å²) in [6.07, 6.45) is 3.68. The minimum Gasteiger partial charge on any atom is -0.357 e. The Hall–Kier alpha value is -0.370. The summed E-state index contributed by atoms with van der Waals surface area (Å²) in [7, 11) is 0. The number of thiazole rings is 1. The zero-order valence-electron chi connectivity index (χ0n) is 14.5. The SMILES string of the molecule is CCCCCNC(=NCc1csc(C(C)(C)C)n1)NCC.I. The van der Waals surface area contributed by atoms with Crippen molar-refractivity contribution >= 4 is 41.3 Å². The van der Waals surface area contributed by atoms with E-state index in [1.165, 1.54) is 24.3 Å². The maximum atomic E-state index is 4.68. The number of rotatable bonds is 7. The number of unbranched alkanes of at least 4 members (excludes halogenated alkanes) is 2. The first-order valence-electron chi connectivity index (χ1n) is 7.94. The van der Waals surface area contributed by atoms with E-state index < -0.39 is 0 Å². The first-order chi connectivity index (χ1) is 9.97. The Morgan fingerprint density at radius 1 is 1.23 bits per heavy atom. The van der Waals surface area contributed by atoms with Gasteiger partial charge >= 0.3 is 0 Å². The summed E-state index contributed by atoms with van der Waals surface area (Å²) in [6.45, 7) is 13.4. The Morgan fingerprint density at radius 2 is 1.95 bits per heavy atom. The average Bonchev–Trinajstić information content (AvgIpc) is 2.89. The Balaban J connectivity index is 0.00000441. The average molecular weight is 438 g/mol. The van der Waals surface area contributed by atoms with Crippen LogP contribution in [0.3, 0.4) is 0 Å². The van der Waals surface area contributed by atoms with E-state index in [4.69, 9.17) is 0 Å². The zero-order valence-corrected chi connectivity index (χ0v) is 17.7. The summed E-state index contributed by atoms with van der Waals surface area (Å²) >= 11 is 1.72. The lowest BCUT2D eigenvalue weighted by atomic mass is 9.98. The van der Waals surface area contributed by atoms with E-state index in [0.29, 0.717) is 6.54 Å². The molecule has 0 fully saturated rings. The van der Waals surface area contributed by atoms with Crippen LogP contribution in [0.2, 0.25) is 0 Å². The van der Waals surface area contributed by atoms with Crippen molar-refractivity contribution < 1.29 is 0 Å². The van der Waals surface area contributed by atoms with Crippen LogP contribution in [-0.4, -0.2) is 24.0 Å². The van der Waals surface area contributed by atoms with Crippen molar-refractivity contribution in [1.29, 1.82) is 0 Å². The molecule has 0 amide bonds. The molecule has 0 bridgehead atoms. The molecule has 0 saturated carbocycles. The quantitative estimate of drug-likeness (QED) is 0.289. The van der Waals surface area contributed by atoms with Crippen molar-refractivity contribution in [3.8, 4) is 0 Å². The minimum atomic E-state index is 0. The second-order valence-corrected chi connectivity index (χ2v) is 7.08. The number of halogens is 1. The van der Waals surface area contributed by atoms with Crippen LogP contribution in [0.5, 0.6) is 0 Å². The van der Waals surface area contributed by atoms with Crippen LogP contribution in [0, 0.1) is 0 Å². The third-order valence-electron chi connectivity index (χ3n) is 3.01. The van der Waals surface area contributed by atoms with Crippen molar-refractivity contribution in [2.75, 3.05) is 13.1 Å². The van der Waals surface area contributed by atoms with Crippen molar-refractivity contribution in [1.82, 2.24) is 15.6 Å². The molecule has 0 unspecified atom stereocenters. The van der Waals surface area contributed by atoms with Crippen LogP contribution in [0.25, 0.3) is 0 Å². The molecule has 0 aromatic carbocycles. The van der Waals surface area contributed by atoms with E-state index >= 15 is 0 Å². The summed E-state index contributed by atoms with van der Waals surface area (Å²) < 4.78 is 0. The van der Waals surface area contributed by atoms with E-state index in [9.17, 15) is 0 Å². The third kappa shape index (κ3) is 8.31. The normalized spacial score (nSPS) is 12.0. The van der Waals surface area contributed by atoms with Crippen molar-refractivity contribution in [3.05, 3.63) is 16.1 Å². The molecule has 0 atom stereocenters. The first kappa shape index (κ1) is 21.6. The van der Waals surface area contributed by atoms with Crippen molar-refractivity contribution in [2.24, 2.45) is 4.99 Å². The van der Waals surface area contributed by atoms with E-state index in [-0.39, 0.29) is 29.4 Å². The van der Waals surface area contributed by atoms with Crippen molar-refractivity contribution in [3.63, 3.8) is 0 Å². The number of nitrogens with one attached hydrogen (secondary N) is 2. The maximum Gasteiger partial charge on any atom is 0.191 e. The number of nitrogens with zero attached hydrogens (tertiary/aromatic N) is 2. The highest BCUT2D eigenvalue weighted by Crippen LogP contribution is 2.25. The van der Waals surface area contributed by atoms with Gasteiger partial charge in [-0.25, -0.2) is 9.98 Å². The van der Waals surface area contributed by atoms with Crippen LogP contribution < -0.4 is 10.6 Å². The van der Waals surface area contributed by atoms with Gasteiger partial charge in [0.25, 0.3) is 0 Å². The second-order valence-electron chi connectivity index (χ2n) is 6.22. The fraction of sp³-hybridized carbons (Fsp3) is 0.750. The molecule has 6 heteroatoms. The number of guanidine groups is 1. The Kier molecular flexibility index (Phi) is 11.0. The third-order valence-corrected chi connectivity index (χ3v) is 4.33. The van der Waals surface area contributed by atoms with Gasteiger partial charge in [0.15, 0.2) is 5.96 Å². The number of aromatic nitrogens is 1. The highest BCUT2D eigenvalue weighted by molar-refractivity contribution is 14.0. The molecule has 0 radical (unpaired) electrons. The second kappa shape index (κ2) is 11.2. The van der Waals surface area contributed by atoms with Crippen LogP contribution in [0.15, 0.2) is 10.4 Å². The van der Waals surface area contributed by atoms with Crippen LogP contribution >= 0.6 is 35.3 Å². The monoisotopic (exact) mass is 438 g/mol. The summed E-state index contributed by atoms with van der Waals surface area (Å²) in [4.78, 5) is 9.29. The number of hydrogen-bond donors (Lipinski definition) is 2. The summed E-state index contributed by atoms with van der Waals surface area (Å²) in [5.74, 6) is 0.888. The van der Waals surface area contributed by atoms with Gasteiger partial charge in [-0.3, -0.25) is 0 Å². The summed E-state index contributed by atoms with van der Waals surface area (Å²) in [5, 5.41) is 9.95. The van der Waals surface area contributed by atoms with Gasteiger partial charge in [0.1, 0.15) is 0 Å². The minimum absolute atomic E-state index is 0. The van der Waals surface area contributed by atoms with Gasteiger partial charge in [-0.05, 0) is 13.3 Å². The Labute approximate surface area is 156 Å². The smallest absolute Gasteiger partial charge is 0.191 e. The van der Waals surface area contributed by atoms with E-state index in [0.717, 1.165) is 24.7 Å².